The number of rotatable bonds is 4. The molecule has 1 saturated heterocycles. The highest BCUT2D eigenvalue weighted by molar-refractivity contribution is 7.15. The Bertz CT molecular complexity index is 635. The fraction of sp³-hybridized carbons (Fsp3) is 0.615. The van der Waals surface area contributed by atoms with E-state index in [-0.39, 0.29) is 19.1 Å². The van der Waals surface area contributed by atoms with Crippen LogP contribution in [0.5, 0.6) is 0 Å². The van der Waals surface area contributed by atoms with E-state index < -0.39 is 17.7 Å². The SMILES string of the molecule is Cc1sc(Cl)nc1C(=O)NCC1(CO)COCCN1.O=C(O)C(F)(F)F. The minimum atomic E-state index is -5.08. The van der Waals surface area contributed by atoms with Crippen LogP contribution in [0.1, 0.15) is 15.4 Å². The van der Waals surface area contributed by atoms with E-state index in [0.717, 1.165) is 4.88 Å². The first kappa shape index (κ1) is 22.6. The lowest BCUT2D eigenvalue weighted by Gasteiger charge is -2.36. The molecular formula is C13H17ClF3N3O5S. The van der Waals surface area contributed by atoms with Crippen LogP contribution < -0.4 is 10.6 Å². The third-order valence-corrected chi connectivity index (χ3v) is 4.32. The standard InChI is InChI=1S/C11H16ClN3O3S.C2HF3O2/c1-7-8(15-10(12)19-7)9(17)13-4-11(5-16)6-18-3-2-14-11;3-2(4,5)1(6)7/h14,16H,2-6H2,1H3,(H,13,17);(H,6,7). The number of morpholine rings is 1. The smallest absolute Gasteiger partial charge is 0.475 e. The molecule has 1 aliphatic rings. The lowest BCUT2D eigenvalue weighted by atomic mass is 10.0. The molecule has 8 nitrogen and oxygen atoms in total. The van der Waals surface area contributed by atoms with Crippen LogP contribution in [0.15, 0.2) is 0 Å². The first-order chi connectivity index (χ1) is 12.0. The van der Waals surface area contributed by atoms with Gasteiger partial charge in [0.1, 0.15) is 5.69 Å². The van der Waals surface area contributed by atoms with Gasteiger partial charge in [-0.05, 0) is 6.92 Å². The molecule has 2 heterocycles. The number of aliphatic carboxylic acids is 1. The molecule has 148 valence electrons. The number of nitrogens with one attached hydrogen (secondary N) is 2. The second-order valence-corrected chi connectivity index (χ2v) is 7.06. The topological polar surface area (TPSA) is 121 Å². The van der Waals surface area contributed by atoms with Crippen molar-refractivity contribution < 1.29 is 37.7 Å². The Balaban J connectivity index is 0.000000412. The van der Waals surface area contributed by atoms with Gasteiger partial charge in [0.2, 0.25) is 0 Å². The predicted octanol–water partition coefficient (Wildman–Crippen LogP) is 0.819. The van der Waals surface area contributed by atoms with E-state index in [1.165, 1.54) is 11.3 Å². The van der Waals surface area contributed by atoms with E-state index in [2.05, 4.69) is 15.6 Å². The summed E-state index contributed by atoms with van der Waals surface area (Å²) in [4.78, 5) is 25.7. The number of alkyl halides is 3. The molecule has 1 aromatic rings. The number of aliphatic hydroxyl groups excluding tert-OH is 1. The maximum atomic E-state index is 12.0. The molecule has 4 N–H and O–H groups in total. The lowest BCUT2D eigenvalue weighted by molar-refractivity contribution is -0.192. The summed E-state index contributed by atoms with van der Waals surface area (Å²) < 4.78 is 37.4. The van der Waals surface area contributed by atoms with Crippen LogP contribution in [0.25, 0.3) is 0 Å². The van der Waals surface area contributed by atoms with Gasteiger partial charge in [-0.25, -0.2) is 9.78 Å². The second-order valence-electron chi connectivity index (χ2n) is 5.28. The van der Waals surface area contributed by atoms with E-state index in [1.54, 1.807) is 6.92 Å². The Morgan fingerprint density at radius 2 is 2.12 bits per heavy atom. The van der Waals surface area contributed by atoms with Gasteiger partial charge in [-0.3, -0.25) is 4.79 Å². The Hall–Kier alpha value is -1.47. The van der Waals surface area contributed by atoms with E-state index in [0.29, 0.717) is 29.9 Å². The number of hydrogen-bond acceptors (Lipinski definition) is 7. The molecule has 1 fully saturated rings. The fourth-order valence-electron chi connectivity index (χ4n) is 1.89. The average Bonchev–Trinajstić information content (AvgIpc) is 2.92. The first-order valence-electron chi connectivity index (χ1n) is 7.15. The number of amides is 1. The average molecular weight is 420 g/mol. The number of ether oxygens (including phenoxy) is 1. The van der Waals surface area contributed by atoms with Crippen molar-refractivity contribution in [3.05, 3.63) is 15.0 Å². The summed E-state index contributed by atoms with van der Waals surface area (Å²) in [6.45, 7) is 3.58. The number of carbonyl (C=O) groups is 2. The van der Waals surface area contributed by atoms with Gasteiger partial charge in [-0.2, -0.15) is 13.2 Å². The predicted molar refractivity (Wildman–Crippen MR) is 86.5 cm³/mol. The molecular weight excluding hydrogens is 403 g/mol. The quantitative estimate of drug-likeness (QED) is 0.570. The molecule has 2 rings (SSSR count). The number of aliphatic hydroxyl groups is 1. The highest BCUT2D eigenvalue weighted by atomic mass is 35.5. The summed E-state index contributed by atoms with van der Waals surface area (Å²) in [6.07, 6.45) is -5.08. The number of halogens is 4. The number of thiazole rings is 1. The van der Waals surface area contributed by atoms with E-state index in [9.17, 15) is 23.1 Å². The van der Waals surface area contributed by atoms with Crippen LogP contribution in [0.4, 0.5) is 13.2 Å². The zero-order valence-electron chi connectivity index (χ0n) is 13.5. The number of carboxylic acid groups (broad SMARTS) is 1. The molecule has 0 aromatic carbocycles. The molecule has 0 bridgehead atoms. The monoisotopic (exact) mass is 419 g/mol. The van der Waals surface area contributed by atoms with Crippen molar-refractivity contribution >= 4 is 34.8 Å². The van der Waals surface area contributed by atoms with Gasteiger partial charge in [0.25, 0.3) is 5.91 Å². The van der Waals surface area contributed by atoms with Crippen LogP contribution in [-0.2, 0) is 9.53 Å². The Morgan fingerprint density at radius 1 is 1.50 bits per heavy atom. The van der Waals surface area contributed by atoms with Crippen molar-refractivity contribution in [2.45, 2.75) is 18.6 Å². The van der Waals surface area contributed by atoms with Crippen molar-refractivity contribution in [2.24, 2.45) is 0 Å². The molecule has 1 amide bonds. The number of carboxylic acids is 1. The van der Waals surface area contributed by atoms with Gasteiger partial charge < -0.3 is 25.6 Å². The second kappa shape index (κ2) is 9.46. The van der Waals surface area contributed by atoms with Crippen molar-refractivity contribution in [3.63, 3.8) is 0 Å². The summed E-state index contributed by atoms with van der Waals surface area (Å²) in [7, 11) is 0. The number of nitrogens with zero attached hydrogens (tertiary/aromatic N) is 1. The maximum absolute atomic E-state index is 12.0. The zero-order valence-corrected chi connectivity index (χ0v) is 15.1. The van der Waals surface area contributed by atoms with Gasteiger partial charge in [0.05, 0.1) is 25.4 Å². The summed E-state index contributed by atoms with van der Waals surface area (Å²) >= 11 is 7.04. The fourth-order valence-corrected chi connectivity index (χ4v) is 2.94. The summed E-state index contributed by atoms with van der Waals surface area (Å²) in [6, 6.07) is 0. The molecule has 0 spiro atoms. The molecule has 0 saturated carbocycles. The third kappa shape index (κ3) is 6.68. The summed E-state index contributed by atoms with van der Waals surface area (Å²) in [5.41, 5.74) is -0.290. The maximum Gasteiger partial charge on any atom is 0.490 e. The van der Waals surface area contributed by atoms with Crippen LogP contribution in [0.2, 0.25) is 4.47 Å². The van der Waals surface area contributed by atoms with Crippen molar-refractivity contribution in [1.82, 2.24) is 15.6 Å². The number of carbonyl (C=O) groups excluding carboxylic acids is 1. The molecule has 0 aliphatic carbocycles. The Kier molecular flexibility index (Phi) is 8.21. The van der Waals surface area contributed by atoms with E-state index >= 15 is 0 Å². The Morgan fingerprint density at radius 3 is 2.50 bits per heavy atom. The van der Waals surface area contributed by atoms with Crippen molar-refractivity contribution in [3.8, 4) is 0 Å². The molecule has 26 heavy (non-hydrogen) atoms. The van der Waals surface area contributed by atoms with Crippen LogP contribution in [-0.4, -0.2) is 71.7 Å². The minimum Gasteiger partial charge on any atom is -0.475 e. The Labute approximate surface area is 155 Å². The summed E-state index contributed by atoms with van der Waals surface area (Å²) in [5, 5.41) is 22.5. The largest absolute Gasteiger partial charge is 0.490 e. The molecule has 13 heteroatoms. The van der Waals surface area contributed by atoms with Crippen LogP contribution in [0.3, 0.4) is 0 Å². The normalized spacial score (nSPS) is 20.1. The number of aromatic nitrogens is 1. The summed E-state index contributed by atoms with van der Waals surface area (Å²) in [5.74, 6) is -3.05. The highest BCUT2D eigenvalue weighted by Gasteiger charge is 2.38. The van der Waals surface area contributed by atoms with Crippen LogP contribution >= 0.6 is 22.9 Å². The van der Waals surface area contributed by atoms with Gasteiger partial charge in [0, 0.05) is 18.0 Å². The molecule has 1 atom stereocenters. The molecule has 1 aliphatic heterocycles. The number of aryl methyl sites for hydroxylation is 1. The van der Waals surface area contributed by atoms with Gasteiger partial charge in [-0.15, -0.1) is 11.3 Å². The lowest BCUT2D eigenvalue weighted by Crippen LogP contribution is -2.62. The molecule has 1 unspecified atom stereocenters. The van der Waals surface area contributed by atoms with Gasteiger partial charge >= 0.3 is 12.1 Å². The highest BCUT2D eigenvalue weighted by Crippen LogP contribution is 2.21. The molecule has 0 radical (unpaired) electrons. The molecule has 1 aromatic heterocycles. The first-order valence-corrected chi connectivity index (χ1v) is 8.35. The third-order valence-electron chi connectivity index (χ3n) is 3.24. The van der Waals surface area contributed by atoms with Crippen molar-refractivity contribution in [1.29, 1.82) is 0 Å². The van der Waals surface area contributed by atoms with Gasteiger partial charge in [0.15, 0.2) is 4.47 Å². The van der Waals surface area contributed by atoms with E-state index in [1.807, 2.05) is 0 Å². The van der Waals surface area contributed by atoms with Gasteiger partial charge in [-0.1, -0.05) is 11.6 Å². The van der Waals surface area contributed by atoms with E-state index in [4.69, 9.17) is 26.2 Å². The minimum absolute atomic E-state index is 0.107. The zero-order chi connectivity index (χ0) is 20.0. The van der Waals surface area contributed by atoms with Crippen LogP contribution in [0, 0.1) is 6.92 Å². The van der Waals surface area contributed by atoms with Crippen molar-refractivity contribution in [2.75, 3.05) is 32.9 Å². The number of hydrogen-bond donors (Lipinski definition) is 4.